The molecule has 0 saturated heterocycles. The van der Waals surface area contributed by atoms with Gasteiger partial charge in [-0.05, 0) is 24.3 Å². The molecule has 0 aromatic heterocycles. The van der Waals surface area contributed by atoms with Gasteiger partial charge in [0.2, 0.25) is 0 Å². The Kier molecular flexibility index (Phi) is 4.53. The summed E-state index contributed by atoms with van der Waals surface area (Å²) in [5.41, 5.74) is 1.72. The lowest BCUT2D eigenvalue weighted by Gasteiger charge is -2.23. The van der Waals surface area contributed by atoms with Crippen LogP contribution in [0.3, 0.4) is 0 Å². The maximum absolute atomic E-state index is 10.6. The summed E-state index contributed by atoms with van der Waals surface area (Å²) in [6.45, 7) is 0.124. The van der Waals surface area contributed by atoms with Gasteiger partial charge in [0.1, 0.15) is 0 Å². The van der Waals surface area contributed by atoms with Gasteiger partial charge in [0.05, 0.1) is 24.4 Å². The average molecular weight is 257 g/mol. The number of hydrogen-bond donors (Lipinski definition) is 1. The summed E-state index contributed by atoms with van der Waals surface area (Å²) in [6, 6.07) is 19.1. The average Bonchev–Trinajstić information content (AvgIpc) is 2.45. The van der Waals surface area contributed by atoms with Crippen LogP contribution in [0, 0.1) is 0 Å². The molecule has 1 N–H and O–H groups in total. The summed E-state index contributed by atoms with van der Waals surface area (Å²) < 4.78 is 0. The zero-order valence-corrected chi connectivity index (χ0v) is 10.4. The first-order chi connectivity index (χ1) is 9.27. The minimum absolute atomic E-state index is 0.0316. The molecule has 2 rings (SSSR count). The van der Waals surface area contributed by atoms with Crippen molar-refractivity contribution in [3.05, 3.63) is 60.7 Å². The van der Waals surface area contributed by atoms with Crippen LogP contribution in [0.15, 0.2) is 60.7 Å². The molecule has 19 heavy (non-hydrogen) atoms. The van der Waals surface area contributed by atoms with Gasteiger partial charge in [0.25, 0.3) is 0 Å². The Morgan fingerprint density at radius 1 is 0.947 bits per heavy atom. The molecule has 98 valence electrons. The Balaban J connectivity index is 2.17. The zero-order valence-electron chi connectivity index (χ0n) is 10.4. The molecule has 2 aromatic carbocycles. The molecule has 0 unspecified atom stereocenters. The van der Waals surface area contributed by atoms with Crippen LogP contribution in [0.25, 0.3) is 0 Å². The van der Waals surface area contributed by atoms with Crippen LogP contribution in [0.4, 0.5) is 11.4 Å². The van der Waals surface area contributed by atoms with Crippen molar-refractivity contribution in [3.8, 4) is 0 Å². The van der Waals surface area contributed by atoms with E-state index in [2.05, 4.69) is 0 Å². The van der Waals surface area contributed by atoms with Crippen molar-refractivity contribution in [1.82, 2.24) is 0 Å². The molecule has 2 aromatic rings. The van der Waals surface area contributed by atoms with Gasteiger partial charge < -0.3 is 5.11 Å². The summed E-state index contributed by atoms with van der Waals surface area (Å²) in [6.07, 6.45) is -0.0316. The van der Waals surface area contributed by atoms with Crippen LogP contribution in [-0.4, -0.2) is 17.7 Å². The van der Waals surface area contributed by atoms with Gasteiger partial charge in [-0.25, -0.2) is 5.06 Å². The van der Waals surface area contributed by atoms with Crippen molar-refractivity contribution in [2.45, 2.75) is 6.42 Å². The Hall–Kier alpha value is -2.33. The second-order valence-corrected chi connectivity index (χ2v) is 3.94. The quantitative estimate of drug-likeness (QED) is 0.807. The van der Waals surface area contributed by atoms with Gasteiger partial charge in [-0.2, -0.15) is 0 Å². The number of rotatable bonds is 6. The third-order valence-electron chi connectivity index (χ3n) is 2.52. The molecule has 4 heteroatoms. The normalized spacial score (nSPS) is 10.1. The fourth-order valence-corrected chi connectivity index (χ4v) is 1.65. The predicted octanol–water partition coefficient (Wildman–Crippen LogP) is 3.23. The van der Waals surface area contributed by atoms with Gasteiger partial charge in [-0.3, -0.25) is 9.63 Å². The number of anilines is 2. The van der Waals surface area contributed by atoms with Crippen LogP contribution in [0.1, 0.15) is 6.42 Å². The number of para-hydroxylation sites is 2. The number of aliphatic carboxylic acids is 1. The Labute approximate surface area is 111 Å². The molecule has 0 spiro atoms. The number of carboxylic acid groups (broad SMARTS) is 1. The van der Waals surface area contributed by atoms with Gasteiger partial charge >= 0.3 is 5.97 Å². The smallest absolute Gasteiger partial charge is 0.305 e. The van der Waals surface area contributed by atoms with Gasteiger partial charge in [-0.15, -0.1) is 0 Å². The first kappa shape index (κ1) is 13.1. The van der Waals surface area contributed by atoms with Crippen molar-refractivity contribution < 1.29 is 14.7 Å². The van der Waals surface area contributed by atoms with E-state index in [1.807, 2.05) is 60.7 Å². The second kappa shape index (κ2) is 6.56. The fraction of sp³-hybridized carbons (Fsp3) is 0.133. The molecule has 0 aliphatic heterocycles. The Morgan fingerprint density at radius 2 is 1.42 bits per heavy atom. The van der Waals surface area contributed by atoms with E-state index in [4.69, 9.17) is 9.94 Å². The van der Waals surface area contributed by atoms with E-state index >= 15 is 0 Å². The van der Waals surface area contributed by atoms with Crippen LogP contribution >= 0.6 is 0 Å². The van der Waals surface area contributed by atoms with E-state index in [0.717, 1.165) is 11.4 Å². The van der Waals surface area contributed by atoms with Gasteiger partial charge in [0, 0.05) is 0 Å². The van der Waals surface area contributed by atoms with Crippen molar-refractivity contribution in [3.63, 3.8) is 0 Å². The minimum atomic E-state index is -0.874. The van der Waals surface area contributed by atoms with Crippen LogP contribution in [-0.2, 0) is 9.63 Å². The van der Waals surface area contributed by atoms with Crippen LogP contribution in [0.5, 0.6) is 0 Å². The molecule has 0 saturated carbocycles. The molecule has 0 bridgehead atoms. The topological polar surface area (TPSA) is 49.8 Å². The summed E-state index contributed by atoms with van der Waals surface area (Å²) in [4.78, 5) is 16.1. The fourth-order valence-electron chi connectivity index (χ4n) is 1.65. The Morgan fingerprint density at radius 3 is 1.84 bits per heavy atom. The molecule has 0 aliphatic carbocycles. The lowest BCUT2D eigenvalue weighted by Crippen LogP contribution is -2.19. The highest BCUT2D eigenvalue weighted by Gasteiger charge is 2.10. The maximum Gasteiger partial charge on any atom is 0.305 e. The molecule has 0 radical (unpaired) electrons. The van der Waals surface area contributed by atoms with Crippen molar-refractivity contribution in [2.75, 3.05) is 11.7 Å². The number of carbonyl (C=O) groups is 1. The second-order valence-electron chi connectivity index (χ2n) is 3.94. The molecular formula is C15H15NO3. The highest BCUT2D eigenvalue weighted by atomic mass is 16.7. The monoisotopic (exact) mass is 257 g/mol. The summed E-state index contributed by atoms with van der Waals surface area (Å²) in [5.74, 6) is -0.874. The lowest BCUT2D eigenvalue weighted by atomic mass is 10.2. The molecular weight excluding hydrogens is 242 g/mol. The third-order valence-corrected chi connectivity index (χ3v) is 2.52. The number of hydrogen-bond acceptors (Lipinski definition) is 3. The molecule has 0 heterocycles. The number of carboxylic acids is 1. The molecule has 0 atom stereocenters. The van der Waals surface area contributed by atoms with Crippen molar-refractivity contribution >= 4 is 17.3 Å². The molecule has 0 aliphatic rings. The van der Waals surface area contributed by atoms with Gasteiger partial charge in [-0.1, -0.05) is 36.4 Å². The minimum Gasteiger partial charge on any atom is -0.481 e. The largest absolute Gasteiger partial charge is 0.481 e. The van der Waals surface area contributed by atoms with E-state index < -0.39 is 5.97 Å². The summed E-state index contributed by atoms with van der Waals surface area (Å²) >= 11 is 0. The number of nitrogens with zero attached hydrogens (tertiary/aromatic N) is 1. The SMILES string of the molecule is O=C(O)CCON(c1ccccc1)c1ccccc1. The molecule has 0 amide bonds. The summed E-state index contributed by atoms with van der Waals surface area (Å²) in [5, 5.41) is 10.3. The number of benzene rings is 2. The molecule has 0 fully saturated rings. The first-order valence-electron chi connectivity index (χ1n) is 6.02. The van der Waals surface area contributed by atoms with E-state index in [9.17, 15) is 4.79 Å². The van der Waals surface area contributed by atoms with Crippen LogP contribution in [0.2, 0.25) is 0 Å². The zero-order chi connectivity index (χ0) is 13.5. The van der Waals surface area contributed by atoms with Gasteiger partial charge in [0.15, 0.2) is 0 Å². The Bertz CT molecular complexity index is 474. The van der Waals surface area contributed by atoms with Crippen molar-refractivity contribution in [1.29, 1.82) is 0 Å². The first-order valence-corrected chi connectivity index (χ1v) is 6.02. The predicted molar refractivity (Wildman–Crippen MR) is 73.2 cm³/mol. The maximum atomic E-state index is 10.6. The van der Waals surface area contributed by atoms with E-state index in [1.54, 1.807) is 5.06 Å². The van der Waals surface area contributed by atoms with Crippen LogP contribution < -0.4 is 5.06 Å². The summed E-state index contributed by atoms with van der Waals surface area (Å²) in [7, 11) is 0. The standard InChI is InChI=1S/C15H15NO3/c17-15(18)11-12-19-16(13-7-3-1-4-8-13)14-9-5-2-6-10-14/h1-10H,11-12H2,(H,17,18). The highest BCUT2D eigenvalue weighted by Crippen LogP contribution is 2.25. The van der Waals surface area contributed by atoms with Crippen molar-refractivity contribution in [2.24, 2.45) is 0 Å². The van der Waals surface area contributed by atoms with E-state index in [1.165, 1.54) is 0 Å². The third kappa shape index (κ3) is 3.82. The van der Waals surface area contributed by atoms with E-state index in [-0.39, 0.29) is 13.0 Å². The van der Waals surface area contributed by atoms with E-state index in [0.29, 0.717) is 0 Å². The lowest BCUT2D eigenvalue weighted by molar-refractivity contribution is -0.138. The highest BCUT2D eigenvalue weighted by molar-refractivity contribution is 5.67. The molecule has 4 nitrogen and oxygen atoms in total.